The maximum Gasteiger partial charge on any atom is 0.237 e. The van der Waals surface area contributed by atoms with Gasteiger partial charge < -0.3 is 15.0 Å². The van der Waals surface area contributed by atoms with Gasteiger partial charge in [-0.1, -0.05) is 36.4 Å². The minimum atomic E-state index is 0. The van der Waals surface area contributed by atoms with Crippen LogP contribution >= 0.6 is 12.4 Å². The Hall–Kier alpha value is -2.04. The molecule has 0 spiro atoms. The first-order valence-electron chi connectivity index (χ1n) is 9.45. The van der Waals surface area contributed by atoms with E-state index in [9.17, 15) is 4.79 Å². The Morgan fingerprint density at radius 2 is 1.93 bits per heavy atom. The number of nitrogens with zero attached hydrogens (tertiary/aromatic N) is 1. The van der Waals surface area contributed by atoms with Gasteiger partial charge in [0.15, 0.2) is 0 Å². The maximum absolute atomic E-state index is 13.0. The Labute approximate surface area is 167 Å². The van der Waals surface area contributed by atoms with E-state index in [1.807, 2.05) is 29.2 Å². The molecule has 0 bridgehead atoms. The Morgan fingerprint density at radius 3 is 2.63 bits per heavy atom. The Morgan fingerprint density at radius 1 is 1.15 bits per heavy atom. The van der Waals surface area contributed by atoms with Crippen molar-refractivity contribution in [2.24, 2.45) is 5.92 Å². The zero-order valence-electron chi connectivity index (χ0n) is 15.7. The van der Waals surface area contributed by atoms with Gasteiger partial charge in [-0.15, -0.1) is 12.4 Å². The highest BCUT2D eigenvalue weighted by Gasteiger charge is 2.31. The van der Waals surface area contributed by atoms with Crippen molar-refractivity contribution >= 4 is 18.3 Å². The number of methoxy groups -OCH3 is 1. The lowest BCUT2D eigenvalue weighted by Gasteiger charge is -2.37. The van der Waals surface area contributed by atoms with E-state index in [-0.39, 0.29) is 24.4 Å². The third kappa shape index (κ3) is 4.63. The number of halogens is 1. The van der Waals surface area contributed by atoms with E-state index in [4.69, 9.17) is 4.74 Å². The second-order valence-electron chi connectivity index (χ2n) is 7.36. The summed E-state index contributed by atoms with van der Waals surface area (Å²) in [5.41, 5.74) is 3.69. The number of hydrogen-bond acceptors (Lipinski definition) is 3. The van der Waals surface area contributed by atoms with Gasteiger partial charge in [-0.3, -0.25) is 4.79 Å². The van der Waals surface area contributed by atoms with Crippen LogP contribution in [0.25, 0.3) is 0 Å². The van der Waals surface area contributed by atoms with E-state index in [0.29, 0.717) is 13.1 Å². The Bertz CT molecular complexity index is 777. The minimum absolute atomic E-state index is 0. The van der Waals surface area contributed by atoms with Crippen molar-refractivity contribution in [2.45, 2.75) is 31.8 Å². The summed E-state index contributed by atoms with van der Waals surface area (Å²) in [5.74, 6) is 1.80. The molecule has 144 valence electrons. The van der Waals surface area contributed by atoms with Crippen LogP contribution in [0.1, 0.15) is 35.6 Å². The predicted molar refractivity (Wildman–Crippen MR) is 109 cm³/mol. The molecule has 1 saturated carbocycles. The molecule has 0 radical (unpaired) electrons. The number of benzene rings is 2. The third-order valence-electron chi connectivity index (χ3n) is 5.45. The summed E-state index contributed by atoms with van der Waals surface area (Å²) in [6, 6.07) is 16.7. The average Bonchev–Trinajstić information content (AvgIpc) is 3.51. The average molecular weight is 387 g/mol. The molecular weight excluding hydrogens is 360 g/mol. The molecule has 4 rings (SSSR count). The largest absolute Gasteiger partial charge is 0.497 e. The van der Waals surface area contributed by atoms with E-state index in [0.717, 1.165) is 24.6 Å². The maximum atomic E-state index is 13.0. The highest BCUT2D eigenvalue weighted by Crippen LogP contribution is 2.35. The molecule has 1 amide bonds. The van der Waals surface area contributed by atoms with Crippen LogP contribution in [-0.2, 0) is 17.8 Å². The number of hydrogen-bond donors (Lipinski definition) is 1. The summed E-state index contributed by atoms with van der Waals surface area (Å²) in [7, 11) is 1.68. The number of carbonyl (C=O) groups excluding carboxylic acids is 1. The van der Waals surface area contributed by atoms with Crippen molar-refractivity contribution in [3.63, 3.8) is 0 Å². The summed E-state index contributed by atoms with van der Waals surface area (Å²) in [4.78, 5) is 15.0. The van der Waals surface area contributed by atoms with Crippen molar-refractivity contribution in [1.82, 2.24) is 10.2 Å². The highest BCUT2D eigenvalue weighted by molar-refractivity contribution is 5.85. The van der Waals surface area contributed by atoms with Gasteiger partial charge in [0, 0.05) is 6.54 Å². The van der Waals surface area contributed by atoms with Gasteiger partial charge in [0.25, 0.3) is 0 Å². The number of fused-ring (bicyclic) bond motifs is 1. The predicted octanol–water partition coefficient (Wildman–Crippen LogP) is 3.74. The SMILES string of the molecule is COc1ccc2c(c1)CN(C(=O)CNCC1CC1)C(c1ccccc1)C2.Cl. The summed E-state index contributed by atoms with van der Waals surface area (Å²) < 4.78 is 5.37. The minimum Gasteiger partial charge on any atom is -0.497 e. The van der Waals surface area contributed by atoms with E-state index in [2.05, 4.69) is 29.6 Å². The Kier molecular flexibility index (Phi) is 6.40. The van der Waals surface area contributed by atoms with Gasteiger partial charge in [0.05, 0.1) is 19.7 Å². The number of ether oxygens (including phenoxy) is 1. The molecule has 2 aromatic carbocycles. The molecule has 1 fully saturated rings. The van der Waals surface area contributed by atoms with Crippen molar-refractivity contribution in [1.29, 1.82) is 0 Å². The van der Waals surface area contributed by atoms with Gasteiger partial charge >= 0.3 is 0 Å². The van der Waals surface area contributed by atoms with Crippen molar-refractivity contribution in [3.8, 4) is 5.75 Å². The van der Waals surface area contributed by atoms with Crippen molar-refractivity contribution < 1.29 is 9.53 Å². The van der Waals surface area contributed by atoms with Gasteiger partial charge in [-0.2, -0.15) is 0 Å². The fourth-order valence-electron chi connectivity index (χ4n) is 3.73. The standard InChI is InChI=1S/C22H26N2O2.ClH/c1-26-20-10-9-18-12-21(17-5-3-2-4-6-17)24(15-19(18)11-20)22(25)14-23-13-16-7-8-16;/h2-6,9-11,16,21,23H,7-8,12-15H2,1H3;1H. The molecule has 27 heavy (non-hydrogen) atoms. The molecular formula is C22H27ClN2O2. The quantitative estimate of drug-likeness (QED) is 0.822. The van der Waals surface area contributed by atoms with Crippen LogP contribution in [0.15, 0.2) is 48.5 Å². The van der Waals surface area contributed by atoms with Gasteiger partial charge in [-0.05, 0) is 60.5 Å². The first-order valence-corrected chi connectivity index (χ1v) is 9.45. The van der Waals surface area contributed by atoms with Crippen LogP contribution in [-0.4, -0.2) is 31.0 Å². The van der Waals surface area contributed by atoms with Crippen LogP contribution in [0.5, 0.6) is 5.75 Å². The smallest absolute Gasteiger partial charge is 0.237 e. The number of amides is 1. The normalized spacial score (nSPS) is 18.4. The summed E-state index contributed by atoms with van der Waals surface area (Å²) in [6.45, 7) is 2.01. The first-order chi connectivity index (χ1) is 12.7. The lowest BCUT2D eigenvalue weighted by atomic mass is 9.89. The van der Waals surface area contributed by atoms with Crippen molar-refractivity contribution in [3.05, 3.63) is 65.2 Å². The van der Waals surface area contributed by atoms with Crippen LogP contribution in [0.4, 0.5) is 0 Å². The second-order valence-corrected chi connectivity index (χ2v) is 7.36. The monoisotopic (exact) mass is 386 g/mol. The lowest BCUT2D eigenvalue weighted by Crippen LogP contribution is -2.43. The molecule has 1 aliphatic carbocycles. The molecule has 1 aliphatic heterocycles. The van der Waals surface area contributed by atoms with Crippen molar-refractivity contribution in [2.75, 3.05) is 20.2 Å². The number of nitrogens with one attached hydrogen (secondary N) is 1. The number of rotatable bonds is 6. The van der Waals surface area contributed by atoms with E-state index >= 15 is 0 Å². The molecule has 4 nitrogen and oxygen atoms in total. The summed E-state index contributed by atoms with van der Waals surface area (Å²) >= 11 is 0. The van der Waals surface area contributed by atoms with E-state index in [1.165, 1.54) is 29.5 Å². The lowest BCUT2D eigenvalue weighted by molar-refractivity contribution is -0.134. The van der Waals surface area contributed by atoms with Gasteiger partial charge in [-0.25, -0.2) is 0 Å². The molecule has 1 atom stereocenters. The zero-order chi connectivity index (χ0) is 17.9. The van der Waals surface area contributed by atoms with E-state index < -0.39 is 0 Å². The van der Waals surface area contributed by atoms with Crippen LogP contribution in [0, 0.1) is 5.92 Å². The fourth-order valence-corrected chi connectivity index (χ4v) is 3.73. The van der Waals surface area contributed by atoms with Crippen LogP contribution < -0.4 is 10.1 Å². The molecule has 1 heterocycles. The topological polar surface area (TPSA) is 41.6 Å². The zero-order valence-corrected chi connectivity index (χ0v) is 16.5. The fraction of sp³-hybridized carbons (Fsp3) is 0.409. The molecule has 1 unspecified atom stereocenters. The summed E-state index contributed by atoms with van der Waals surface area (Å²) in [5, 5.41) is 3.35. The molecule has 2 aromatic rings. The number of carbonyl (C=O) groups is 1. The molecule has 0 saturated heterocycles. The molecule has 1 N–H and O–H groups in total. The molecule has 0 aromatic heterocycles. The molecule has 2 aliphatic rings. The Balaban J connectivity index is 0.00000210. The summed E-state index contributed by atoms with van der Waals surface area (Å²) in [6.07, 6.45) is 3.44. The third-order valence-corrected chi connectivity index (χ3v) is 5.45. The van der Waals surface area contributed by atoms with Crippen LogP contribution in [0.2, 0.25) is 0 Å². The van der Waals surface area contributed by atoms with E-state index in [1.54, 1.807) is 7.11 Å². The molecule has 5 heteroatoms. The first kappa shape index (κ1) is 19.7. The second kappa shape index (κ2) is 8.77. The van der Waals surface area contributed by atoms with Crippen LogP contribution in [0.3, 0.4) is 0 Å². The highest BCUT2D eigenvalue weighted by atomic mass is 35.5. The van der Waals surface area contributed by atoms with Gasteiger partial charge in [0.2, 0.25) is 5.91 Å². The van der Waals surface area contributed by atoms with Gasteiger partial charge in [0.1, 0.15) is 5.75 Å².